The zero-order valence-electron chi connectivity index (χ0n) is 32.0. The first kappa shape index (κ1) is 32.5. The summed E-state index contributed by atoms with van der Waals surface area (Å²) in [5.74, 6) is 2.84. The third kappa shape index (κ3) is 5.33. The number of hydrogen-bond donors (Lipinski definition) is 0. The van der Waals surface area contributed by atoms with Gasteiger partial charge in [-0.2, -0.15) is 0 Å². The van der Waals surface area contributed by atoms with Gasteiger partial charge >= 0.3 is 0 Å². The molecule has 0 saturated heterocycles. The van der Waals surface area contributed by atoms with Crippen LogP contribution in [0.15, 0.2) is 133 Å². The minimum absolute atomic E-state index is 0.118. The van der Waals surface area contributed by atoms with Crippen LogP contribution in [0, 0.1) is 17.8 Å². The molecule has 54 heavy (non-hydrogen) atoms. The molecule has 9 aliphatic carbocycles. The Morgan fingerprint density at radius 1 is 0.481 bits per heavy atom. The molecule has 0 radical (unpaired) electrons. The van der Waals surface area contributed by atoms with Crippen LogP contribution in [-0.2, 0) is 36.5 Å². The van der Waals surface area contributed by atoms with Crippen LogP contribution in [0.4, 0.5) is 17.1 Å². The van der Waals surface area contributed by atoms with E-state index in [1.807, 2.05) is 0 Å². The molecule has 268 valence electrons. The highest BCUT2D eigenvalue weighted by atomic mass is 15.1. The van der Waals surface area contributed by atoms with Crippen molar-refractivity contribution >= 4 is 17.1 Å². The first-order valence-corrected chi connectivity index (χ1v) is 20.8. The lowest BCUT2D eigenvalue weighted by Crippen LogP contribution is -2.48. The average Bonchev–Trinajstić information content (AvgIpc) is 3.41. The molecule has 0 heterocycles. The van der Waals surface area contributed by atoms with E-state index < -0.39 is 0 Å². The molecular formula is C53H51N. The Bertz CT molecular complexity index is 2340. The largest absolute Gasteiger partial charge is 0.310 e. The molecule has 4 fully saturated rings. The van der Waals surface area contributed by atoms with Crippen molar-refractivity contribution in [3.8, 4) is 22.3 Å². The van der Waals surface area contributed by atoms with Gasteiger partial charge in [-0.25, -0.2) is 0 Å². The lowest BCUT2D eigenvalue weighted by molar-refractivity contribution is -0.00518. The first-order chi connectivity index (χ1) is 26.4. The van der Waals surface area contributed by atoms with Gasteiger partial charge in [0.15, 0.2) is 0 Å². The summed E-state index contributed by atoms with van der Waals surface area (Å²) in [6.45, 7) is 4.85. The van der Waals surface area contributed by atoms with E-state index >= 15 is 0 Å². The molecule has 0 amide bonds. The summed E-state index contributed by atoms with van der Waals surface area (Å²) in [6.07, 6.45) is 12.8. The quantitative estimate of drug-likeness (QED) is 0.173. The molecule has 6 aromatic carbocycles. The van der Waals surface area contributed by atoms with E-state index in [0.29, 0.717) is 5.41 Å². The molecule has 8 bridgehead atoms. The second-order valence-corrected chi connectivity index (χ2v) is 18.3. The van der Waals surface area contributed by atoms with Crippen LogP contribution in [0.2, 0.25) is 0 Å². The molecular weight excluding hydrogens is 651 g/mol. The van der Waals surface area contributed by atoms with E-state index in [9.17, 15) is 0 Å². The maximum Gasteiger partial charge on any atom is 0.0496 e. The predicted octanol–water partition coefficient (Wildman–Crippen LogP) is 13.5. The Morgan fingerprint density at radius 2 is 1.06 bits per heavy atom. The fourth-order valence-corrected chi connectivity index (χ4v) is 12.2. The fourth-order valence-electron chi connectivity index (χ4n) is 12.2. The van der Waals surface area contributed by atoms with E-state index in [4.69, 9.17) is 0 Å². The van der Waals surface area contributed by atoms with Crippen LogP contribution in [0.5, 0.6) is 0 Å². The number of rotatable bonds is 5. The summed E-state index contributed by atoms with van der Waals surface area (Å²) in [7, 11) is 0. The fraction of sp³-hybridized carbons (Fsp3) is 0.321. The highest BCUT2D eigenvalue weighted by Gasteiger charge is 2.51. The van der Waals surface area contributed by atoms with E-state index in [-0.39, 0.29) is 5.41 Å². The Hall–Kier alpha value is -4.88. The molecule has 0 aromatic heterocycles. The summed E-state index contributed by atoms with van der Waals surface area (Å²) in [5.41, 5.74) is 19.6. The van der Waals surface area contributed by atoms with Gasteiger partial charge in [0, 0.05) is 22.5 Å². The molecule has 0 aliphatic heterocycles. The Kier molecular flexibility index (Phi) is 7.43. The Morgan fingerprint density at radius 3 is 1.74 bits per heavy atom. The molecule has 0 atom stereocenters. The summed E-state index contributed by atoms with van der Waals surface area (Å²) < 4.78 is 0. The molecule has 0 unspecified atom stereocenters. The SMILES string of the molecule is CC1(C)c2cc(-c3ccccc3)ccc2-c2ccc(N(c3ccc(C45CC6CC(CC(C6)C4)C5)cc3)c3cc4ccc3CCc3ccc(cc3)CC4)cc21. The van der Waals surface area contributed by atoms with Gasteiger partial charge in [0.1, 0.15) is 0 Å². The third-order valence-corrected chi connectivity index (χ3v) is 14.6. The van der Waals surface area contributed by atoms with Gasteiger partial charge in [0.25, 0.3) is 0 Å². The summed E-state index contributed by atoms with van der Waals surface area (Å²) in [6, 6.07) is 52.1. The smallest absolute Gasteiger partial charge is 0.0496 e. The predicted molar refractivity (Wildman–Crippen MR) is 225 cm³/mol. The number of aryl methyl sites for hydroxylation is 4. The van der Waals surface area contributed by atoms with E-state index in [2.05, 4.69) is 152 Å². The van der Waals surface area contributed by atoms with Crippen molar-refractivity contribution in [2.45, 2.75) is 88.9 Å². The van der Waals surface area contributed by atoms with E-state index in [0.717, 1.165) is 43.4 Å². The monoisotopic (exact) mass is 701 g/mol. The molecule has 15 rings (SSSR count). The standard InChI is InChI=1S/C53H51N/c1-52(2)49-30-43(41-6-4-3-5-7-41)18-24-47(49)48-25-23-46(31-50(48)52)54(51-29-37-13-12-35-8-10-36(11-9-35)14-16-42(51)17-15-37)45-21-19-44(20-22-45)53-32-38-26-39(33-53)28-40(27-38)34-53/h3-11,15,17-25,29-31,38-40H,12-14,16,26-28,32-34H2,1-2H3. The van der Waals surface area contributed by atoms with Crippen molar-refractivity contribution in [2.75, 3.05) is 4.90 Å². The van der Waals surface area contributed by atoms with Crippen molar-refractivity contribution in [1.82, 2.24) is 0 Å². The van der Waals surface area contributed by atoms with Gasteiger partial charge in [-0.15, -0.1) is 0 Å². The number of benzene rings is 6. The number of hydrogen-bond acceptors (Lipinski definition) is 1. The van der Waals surface area contributed by atoms with E-state index in [1.54, 1.807) is 5.56 Å². The van der Waals surface area contributed by atoms with Crippen LogP contribution in [0.1, 0.15) is 91.3 Å². The van der Waals surface area contributed by atoms with Gasteiger partial charge in [0.05, 0.1) is 0 Å². The van der Waals surface area contributed by atoms with Gasteiger partial charge in [0.2, 0.25) is 0 Å². The van der Waals surface area contributed by atoms with Crippen LogP contribution in [0.3, 0.4) is 0 Å². The molecule has 6 aromatic rings. The summed E-state index contributed by atoms with van der Waals surface area (Å²) in [5, 5.41) is 0. The average molecular weight is 702 g/mol. The van der Waals surface area contributed by atoms with Crippen LogP contribution >= 0.6 is 0 Å². The summed E-state index contributed by atoms with van der Waals surface area (Å²) in [4.78, 5) is 2.62. The molecule has 0 N–H and O–H groups in total. The molecule has 1 heteroatoms. The lowest BCUT2D eigenvalue weighted by Gasteiger charge is -2.57. The Labute approximate surface area is 322 Å². The highest BCUT2D eigenvalue weighted by Crippen LogP contribution is 2.61. The summed E-state index contributed by atoms with van der Waals surface area (Å²) >= 11 is 0. The van der Waals surface area contributed by atoms with Crippen LogP contribution in [0.25, 0.3) is 22.3 Å². The molecule has 1 nitrogen and oxygen atoms in total. The molecule has 9 aliphatic rings. The molecule has 0 spiro atoms. The Balaban J connectivity index is 1.03. The highest BCUT2D eigenvalue weighted by molar-refractivity contribution is 5.87. The second-order valence-electron chi connectivity index (χ2n) is 18.3. The van der Waals surface area contributed by atoms with Gasteiger partial charge < -0.3 is 4.90 Å². The van der Waals surface area contributed by atoms with Crippen LogP contribution < -0.4 is 4.90 Å². The topological polar surface area (TPSA) is 3.24 Å². The van der Waals surface area contributed by atoms with Gasteiger partial charge in [-0.05, 0) is 185 Å². The normalized spacial score (nSPS) is 24.1. The van der Waals surface area contributed by atoms with Crippen LogP contribution in [-0.4, -0.2) is 0 Å². The van der Waals surface area contributed by atoms with Crippen molar-refractivity contribution in [2.24, 2.45) is 17.8 Å². The third-order valence-electron chi connectivity index (χ3n) is 14.6. The van der Waals surface area contributed by atoms with Crippen molar-refractivity contribution in [1.29, 1.82) is 0 Å². The second kappa shape index (κ2) is 12.3. The lowest BCUT2D eigenvalue weighted by atomic mass is 9.48. The minimum atomic E-state index is -0.118. The maximum atomic E-state index is 2.62. The zero-order chi connectivity index (χ0) is 36.0. The first-order valence-electron chi connectivity index (χ1n) is 20.8. The van der Waals surface area contributed by atoms with Crippen molar-refractivity contribution in [3.63, 3.8) is 0 Å². The maximum absolute atomic E-state index is 2.62. The van der Waals surface area contributed by atoms with Crippen molar-refractivity contribution in [3.05, 3.63) is 172 Å². The van der Waals surface area contributed by atoms with E-state index in [1.165, 1.54) is 111 Å². The number of anilines is 3. The zero-order valence-corrected chi connectivity index (χ0v) is 32.0. The van der Waals surface area contributed by atoms with Gasteiger partial charge in [-0.1, -0.05) is 111 Å². The number of nitrogens with zero attached hydrogens (tertiary/aromatic N) is 1. The minimum Gasteiger partial charge on any atom is -0.310 e. The van der Waals surface area contributed by atoms with Crippen molar-refractivity contribution < 1.29 is 0 Å². The number of fused-ring (bicyclic) bond motifs is 3. The molecule has 4 saturated carbocycles. The van der Waals surface area contributed by atoms with Gasteiger partial charge in [-0.3, -0.25) is 0 Å².